The van der Waals surface area contributed by atoms with Gasteiger partial charge in [-0.1, -0.05) is 155 Å². The van der Waals surface area contributed by atoms with Crippen LogP contribution in [0.3, 0.4) is 0 Å². The van der Waals surface area contributed by atoms with E-state index in [1.165, 1.54) is 63.2 Å². The van der Waals surface area contributed by atoms with E-state index < -0.39 is 0 Å². The van der Waals surface area contributed by atoms with Crippen molar-refractivity contribution in [2.24, 2.45) is 0 Å². The number of anilines is 6. The average Bonchev–Trinajstić information content (AvgIpc) is 3.24. The molecule has 8 aromatic rings. The topological polar surface area (TPSA) is 6.48 Å². The Hall–Kier alpha value is -6.12. The van der Waals surface area contributed by atoms with Crippen molar-refractivity contribution >= 4 is 55.7 Å². The third-order valence-corrected chi connectivity index (χ3v) is 11.3. The first kappa shape index (κ1) is 34.9. The van der Waals surface area contributed by atoms with Crippen molar-refractivity contribution in [3.63, 3.8) is 0 Å². The van der Waals surface area contributed by atoms with Crippen LogP contribution >= 0.6 is 0 Å². The summed E-state index contributed by atoms with van der Waals surface area (Å²) in [5.41, 5.74) is 10.8. The van der Waals surface area contributed by atoms with Gasteiger partial charge in [0.15, 0.2) is 0 Å². The molecular weight excluding hydrogens is 653 g/mol. The van der Waals surface area contributed by atoms with Gasteiger partial charge in [0.25, 0.3) is 0 Å². The minimum absolute atomic E-state index is 0.184. The lowest BCUT2D eigenvalue weighted by molar-refractivity contribution is 0.403. The Morgan fingerprint density at radius 1 is 0.426 bits per heavy atom. The summed E-state index contributed by atoms with van der Waals surface area (Å²) in [5, 5.41) is 4.94. The first-order valence-corrected chi connectivity index (χ1v) is 19.5. The van der Waals surface area contributed by atoms with Crippen molar-refractivity contribution < 1.29 is 0 Å². The summed E-state index contributed by atoms with van der Waals surface area (Å²) in [6.07, 6.45) is 4.82. The molecule has 0 aliphatic rings. The lowest BCUT2D eigenvalue weighted by atomic mass is 9.76. The molecule has 0 heterocycles. The molecule has 2 heteroatoms. The Morgan fingerprint density at radius 2 is 0.944 bits per heavy atom. The van der Waals surface area contributed by atoms with Gasteiger partial charge in [-0.05, 0) is 118 Å². The monoisotopic (exact) mass is 700 g/mol. The number of unbranched alkanes of at least 4 members (excludes halogenated alkanes) is 1. The zero-order chi connectivity index (χ0) is 36.9. The van der Waals surface area contributed by atoms with Crippen LogP contribution in [0.25, 0.3) is 32.7 Å². The number of nitrogens with zero attached hydrogens (tertiary/aromatic N) is 2. The lowest BCUT2D eigenvalue weighted by Crippen LogP contribution is -2.21. The number of hydrogen-bond acceptors (Lipinski definition) is 2. The number of rotatable bonds is 12. The Kier molecular flexibility index (Phi) is 10.0. The van der Waals surface area contributed by atoms with Crippen LogP contribution in [0.15, 0.2) is 188 Å². The van der Waals surface area contributed by atoms with Crippen molar-refractivity contribution in [3.05, 3.63) is 194 Å². The highest BCUT2D eigenvalue weighted by molar-refractivity contribution is 5.99. The fourth-order valence-electron chi connectivity index (χ4n) is 7.88. The summed E-state index contributed by atoms with van der Waals surface area (Å²) < 4.78 is 0. The molecule has 8 aromatic carbocycles. The Bertz CT molecular complexity index is 2460. The molecule has 0 N–H and O–H groups in total. The maximum absolute atomic E-state index is 2.42. The van der Waals surface area contributed by atoms with Gasteiger partial charge < -0.3 is 9.80 Å². The fraction of sp³-hybridized carbons (Fsp3) is 0.154. The third kappa shape index (κ3) is 7.00. The first-order valence-electron chi connectivity index (χ1n) is 19.5. The third-order valence-electron chi connectivity index (χ3n) is 11.3. The van der Waals surface area contributed by atoms with Crippen LogP contribution in [0.4, 0.5) is 34.1 Å². The molecule has 0 radical (unpaired) electrons. The molecular formula is C52H48N2. The zero-order valence-corrected chi connectivity index (χ0v) is 31.6. The standard InChI is InChI=1S/C52H48N2/c1-4-6-37-52(3,5-2)44-28-35-48(36-29-44)54(51-22-14-18-42-16-12-13-21-50(42)51)47-32-25-41(26-33-47)40-23-30-46(31-24-40)53(45-19-8-7-9-20-45)49-34-27-39-15-10-11-17-43(39)38-49/h7-36,38H,4-6,37H2,1-3H3. The molecule has 0 bridgehead atoms. The van der Waals surface area contributed by atoms with E-state index in [0.29, 0.717) is 0 Å². The van der Waals surface area contributed by atoms with E-state index in [0.717, 1.165) is 34.9 Å². The van der Waals surface area contributed by atoms with Crippen molar-refractivity contribution in [1.82, 2.24) is 0 Å². The van der Waals surface area contributed by atoms with E-state index in [1.807, 2.05) is 0 Å². The Labute approximate surface area is 321 Å². The molecule has 1 unspecified atom stereocenters. The molecule has 0 aromatic heterocycles. The quantitative estimate of drug-likeness (QED) is 0.125. The normalized spacial score (nSPS) is 12.4. The molecule has 0 aliphatic carbocycles. The van der Waals surface area contributed by atoms with Gasteiger partial charge in [0.2, 0.25) is 0 Å². The van der Waals surface area contributed by atoms with Crippen LogP contribution in [0.1, 0.15) is 52.0 Å². The van der Waals surface area contributed by atoms with Gasteiger partial charge in [-0.2, -0.15) is 0 Å². The molecule has 1 atom stereocenters. The summed E-state index contributed by atoms with van der Waals surface area (Å²) in [4.78, 5) is 4.75. The molecule has 0 fully saturated rings. The van der Waals surface area contributed by atoms with Gasteiger partial charge in [0, 0.05) is 33.8 Å². The summed E-state index contributed by atoms with van der Waals surface area (Å²) in [5.74, 6) is 0. The van der Waals surface area contributed by atoms with Gasteiger partial charge >= 0.3 is 0 Å². The summed E-state index contributed by atoms with van der Waals surface area (Å²) in [6.45, 7) is 7.04. The van der Waals surface area contributed by atoms with Crippen LogP contribution < -0.4 is 9.80 Å². The summed E-state index contributed by atoms with van der Waals surface area (Å²) in [6, 6.07) is 68.5. The fourth-order valence-corrected chi connectivity index (χ4v) is 7.88. The molecule has 0 aliphatic heterocycles. The van der Waals surface area contributed by atoms with Gasteiger partial charge in [0.1, 0.15) is 0 Å². The van der Waals surface area contributed by atoms with Gasteiger partial charge in [0.05, 0.1) is 5.69 Å². The zero-order valence-electron chi connectivity index (χ0n) is 31.6. The molecule has 2 nitrogen and oxygen atoms in total. The van der Waals surface area contributed by atoms with Crippen molar-refractivity contribution in [3.8, 4) is 11.1 Å². The minimum atomic E-state index is 0.184. The van der Waals surface area contributed by atoms with Crippen molar-refractivity contribution in [2.75, 3.05) is 9.80 Å². The maximum Gasteiger partial charge on any atom is 0.0540 e. The second-order valence-electron chi connectivity index (χ2n) is 14.7. The van der Waals surface area contributed by atoms with E-state index in [2.05, 4.69) is 219 Å². The van der Waals surface area contributed by atoms with Crippen LogP contribution in [-0.2, 0) is 5.41 Å². The Balaban J connectivity index is 1.13. The largest absolute Gasteiger partial charge is 0.310 e. The second-order valence-corrected chi connectivity index (χ2v) is 14.7. The molecule has 0 amide bonds. The van der Waals surface area contributed by atoms with Crippen molar-refractivity contribution in [1.29, 1.82) is 0 Å². The number of hydrogen-bond donors (Lipinski definition) is 0. The molecule has 8 rings (SSSR count). The Morgan fingerprint density at radius 3 is 1.59 bits per heavy atom. The van der Waals surface area contributed by atoms with Gasteiger partial charge in [-0.15, -0.1) is 0 Å². The SMILES string of the molecule is CCCCC(C)(CC)c1ccc(N(c2ccc(-c3ccc(N(c4ccccc4)c4ccc5ccccc5c4)cc3)cc2)c2cccc3ccccc23)cc1. The van der Waals surface area contributed by atoms with E-state index in [-0.39, 0.29) is 5.41 Å². The van der Waals surface area contributed by atoms with Crippen LogP contribution in [0.5, 0.6) is 0 Å². The molecule has 0 spiro atoms. The summed E-state index contributed by atoms with van der Waals surface area (Å²) in [7, 11) is 0. The van der Waals surface area contributed by atoms with E-state index >= 15 is 0 Å². The highest BCUT2D eigenvalue weighted by Gasteiger charge is 2.24. The maximum atomic E-state index is 2.42. The molecule has 0 saturated carbocycles. The predicted octanol–water partition coefficient (Wildman–Crippen LogP) is 15.5. The van der Waals surface area contributed by atoms with E-state index in [4.69, 9.17) is 0 Å². The average molecular weight is 701 g/mol. The molecule has 0 saturated heterocycles. The van der Waals surface area contributed by atoms with Gasteiger partial charge in [-0.3, -0.25) is 0 Å². The van der Waals surface area contributed by atoms with Crippen LogP contribution in [-0.4, -0.2) is 0 Å². The first-order chi connectivity index (χ1) is 26.5. The highest BCUT2D eigenvalue weighted by atomic mass is 15.1. The molecule has 266 valence electrons. The summed E-state index contributed by atoms with van der Waals surface area (Å²) >= 11 is 0. The second kappa shape index (κ2) is 15.5. The van der Waals surface area contributed by atoms with Crippen LogP contribution in [0, 0.1) is 0 Å². The number of para-hydroxylation sites is 1. The smallest absolute Gasteiger partial charge is 0.0540 e. The lowest BCUT2D eigenvalue weighted by Gasteiger charge is -2.31. The van der Waals surface area contributed by atoms with E-state index in [1.54, 1.807) is 0 Å². The predicted molar refractivity (Wildman–Crippen MR) is 233 cm³/mol. The van der Waals surface area contributed by atoms with Crippen LogP contribution in [0.2, 0.25) is 0 Å². The molecule has 54 heavy (non-hydrogen) atoms. The highest BCUT2D eigenvalue weighted by Crippen LogP contribution is 2.42. The number of fused-ring (bicyclic) bond motifs is 2. The van der Waals surface area contributed by atoms with E-state index in [9.17, 15) is 0 Å². The minimum Gasteiger partial charge on any atom is -0.310 e. The van der Waals surface area contributed by atoms with Crippen molar-refractivity contribution in [2.45, 2.75) is 51.9 Å². The van der Waals surface area contributed by atoms with Gasteiger partial charge in [-0.25, -0.2) is 0 Å². The number of benzene rings is 8.